The molecule has 4 nitrogen and oxygen atoms in total. The van der Waals surface area contributed by atoms with E-state index < -0.39 is 0 Å². The van der Waals surface area contributed by atoms with Gasteiger partial charge in [0.2, 0.25) is 5.91 Å². The van der Waals surface area contributed by atoms with Crippen LogP contribution in [0, 0.1) is 0 Å². The molecule has 1 saturated heterocycles. The molecule has 1 aliphatic heterocycles. The van der Waals surface area contributed by atoms with Crippen LogP contribution in [-0.2, 0) is 4.79 Å². The third-order valence-corrected chi connectivity index (χ3v) is 5.68. The molecule has 1 N–H and O–H groups in total. The highest BCUT2D eigenvalue weighted by Crippen LogP contribution is 2.25. The van der Waals surface area contributed by atoms with Gasteiger partial charge < -0.3 is 10.0 Å². The number of benzene rings is 1. The van der Waals surface area contributed by atoms with Crippen LogP contribution in [0.15, 0.2) is 30.3 Å². The third-order valence-electron chi connectivity index (χ3n) is 5.68. The fraction of sp³-hybridized carbons (Fsp3) is 0.650. The van der Waals surface area contributed by atoms with E-state index in [0.29, 0.717) is 12.5 Å². The number of aliphatic hydroxyl groups is 1. The highest BCUT2D eigenvalue weighted by atomic mass is 16.3. The molecule has 2 fully saturated rings. The van der Waals surface area contributed by atoms with Crippen molar-refractivity contribution in [2.75, 3.05) is 26.2 Å². The molecule has 132 valence electrons. The van der Waals surface area contributed by atoms with Crippen molar-refractivity contribution < 1.29 is 9.90 Å². The molecule has 1 heterocycles. The molecule has 0 unspecified atom stereocenters. The molecule has 0 bridgehead atoms. The maximum Gasteiger partial charge on any atom is 0.223 e. The number of piperazine rings is 1. The topological polar surface area (TPSA) is 43.8 Å². The lowest BCUT2D eigenvalue weighted by Crippen LogP contribution is -2.55. The van der Waals surface area contributed by atoms with Gasteiger partial charge in [0, 0.05) is 38.6 Å². The molecule has 0 radical (unpaired) electrons. The lowest BCUT2D eigenvalue weighted by atomic mass is 9.91. The number of amides is 1. The normalized spacial score (nSPS) is 27.0. The highest BCUT2D eigenvalue weighted by Gasteiger charge is 2.32. The highest BCUT2D eigenvalue weighted by molar-refractivity contribution is 5.77. The Morgan fingerprint density at radius 1 is 1.12 bits per heavy atom. The van der Waals surface area contributed by atoms with Gasteiger partial charge >= 0.3 is 0 Å². The minimum Gasteiger partial charge on any atom is -0.391 e. The average Bonchev–Trinajstić information content (AvgIpc) is 2.63. The van der Waals surface area contributed by atoms with Crippen LogP contribution in [0.4, 0.5) is 0 Å². The largest absolute Gasteiger partial charge is 0.391 e. The lowest BCUT2D eigenvalue weighted by molar-refractivity contribution is -0.134. The van der Waals surface area contributed by atoms with Gasteiger partial charge in [-0.3, -0.25) is 9.69 Å². The molecule has 0 aromatic heterocycles. The molecule has 24 heavy (non-hydrogen) atoms. The zero-order valence-electron chi connectivity index (χ0n) is 14.7. The second-order valence-electron chi connectivity index (χ2n) is 7.35. The first-order valence-electron chi connectivity index (χ1n) is 9.40. The zero-order valence-corrected chi connectivity index (χ0v) is 14.7. The number of rotatable bonds is 4. The summed E-state index contributed by atoms with van der Waals surface area (Å²) in [4.78, 5) is 17.0. The fourth-order valence-corrected chi connectivity index (χ4v) is 4.11. The summed E-state index contributed by atoms with van der Waals surface area (Å²) in [7, 11) is 0. The second kappa shape index (κ2) is 8.13. The average molecular weight is 330 g/mol. The van der Waals surface area contributed by atoms with Crippen molar-refractivity contribution in [2.24, 2.45) is 0 Å². The van der Waals surface area contributed by atoms with E-state index in [-0.39, 0.29) is 17.9 Å². The summed E-state index contributed by atoms with van der Waals surface area (Å²) in [6, 6.07) is 10.6. The quantitative estimate of drug-likeness (QED) is 0.923. The van der Waals surface area contributed by atoms with Crippen LogP contribution in [0.2, 0.25) is 0 Å². The molecule has 2 aliphatic rings. The minimum atomic E-state index is -0.181. The third kappa shape index (κ3) is 4.17. The minimum absolute atomic E-state index is 0.181. The summed E-state index contributed by atoms with van der Waals surface area (Å²) in [6.45, 7) is 5.51. The molecule has 1 saturated carbocycles. The Balaban J connectivity index is 1.48. The number of aliphatic hydroxyl groups excluding tert-OH is 1. The number of nitrogens with zero attached hydrogens (tertiary/aromatic N) is 2. The molecule has 4 heteroatoms. The summed E-state index contributed by atoms with van der Waals surface area (Å²) >= 11 is 0. The van der Waals surface area contributed by atoms with Gasteiger partial charge in [-0.15, -0.1) is 0 Å². The monoisotopic (exact) mass is 330 g/mol. The van der Waals surface area contributed by atoms with Crippen molar-refractivity contribution in [3.8, 4) is 0 Å². The fourth-order valence-electron chi connectivity index (χ4n) is 4.11. The first kappa shape index (κ1) is 17.4. The first-order chi connectivity index (χ1) is 11.6. The summed E-state index contributed by atoms with van der Waals surface area (Å²) in [5.41, 5.74) is 1.23. The summed E-state index contributed by atoms with van der Waals surface area (Å²) < 4.78 is 0. The lowest BCUT2D eigenvalue weighted by Gasteiger charge is -2.42. The first-order valence-corrected chi connectivity index (χ1v) is 9.40. The molecule has 0 spiro atoms. The van der Waals surface area contributed by atoms with Crippen LogP contribution in [0.1, 0.15) is 50.5 Å². The van der Waals surface area contributed by atoms with Crippen LogP contribution in [0.5, 0.6) is 0 Å². The van der Waals surface area contributed by atoms with Crippen molar-refractivity contribution in [3.63, 3.8) is 0 Å². The Hall–Kier alpha value is -1.39. The molecule has 3 rings (SSSR count). The van der Waals surface area contributed by atoms with Gasteiger partial charge in [0.25, 0.3) is 0 Å². The molecule has 1 amide bonds. The Bertz CT molecular complexity index is 526. The van der Waals surface area contributed by atoms with E-state index in [2.05, 4.69) is 24.0 Å². The van der Waals surface area contributed by atoms with E-state index >= 15 is 0 Å². The van der Waals surface area contributed by atoms with Crippen molar-refractivity contribution in [1.82, 2.24) is 9.80 Å². The maximum atomic E-state index is 12.6. The van der Waals surface area contributed by atoms with E-state index in [1.165, 1.54) is 12.0 Å². The van der Waals surface area contributed by atoms with Crippen molar-refractivity contribution in [3.05, 3.63) is 35.9 Å². The van der Waals surface area contributed by atoms with E-state index in [1.54, 1.807) is 0 Å². The SMILES string of the molecule is C[C@H](CC(=O)N1CCN([C@@H]2CCCC[C@H]2O)CC1)c1ccccc1. The van der Waals surface area contributed by atoms with E-state index in [1.807, 2.05) is 23.1 Å². The van der Waals surface area contributed by atoms with Crippen LogP contribution in [0.25, 0.3) is 0 Å². The van der Waals surface area contributed by atoms with E-state index in [4.69, 9.17) is 0 Å². The Labute approximate surface area is 145 Å². The predicted molar refractivity (Wildman–Crippen MR) is 95.9 cm³/mol. The maximum absolute atomic E-state index is 12.6. The second-order valence-corrected chi connectivity index (χ2v) is 7.35. The van der Waals surface area contributed by atoms with Gasteiger partial charge in [0.1, 0.15) is 0 Å². The van der Waals surface area contributed by atoms with Crippen LogP contribution < -0.4 is 0 Å². The molecule has 1 aromatic rings. The zero-order chi connectivity index (χ0) is 16.9. The Morgan fingerprint density at radius 3 is 2.46 bits per heavy atom. The standard InChI is InChI=1S/C20H30N2O2/c1-16(17-7-3-2-4-8-17)15-20(24)22-13-11-21(12-14-22)18-9-5-6-10-19(18)23/h2-4,7-8,16,18-19,23H,5-6,9-15H2,1H3/t16-,18-,19-/m1/s1. The van der Waals surface area contributed by atoms with Gasteiger partial charge in [0.15, 0.2) is 0 Å². The van der Waals surface area contributed by atoms with Gasteiger partial charge in [-0.25, -0.2) is 0 Å². The number of hydrogen-bond acceptors (Lipinski definition) is 3. The van der Waals surface area contributed by atoms with Gasteiger partial charge in [-0.05, 0) is 24.3 Å². The van der Waals surface area contributed by atoms with Crippen molar-refractivity contribution >= 4 is 5.91 Å². The smallest absolute Gasteiger partial charge is 0.223 e. The summed E-state index contributed by atoms with van der Waals surface area (Å²) in [6.07, 6.45) is 4.79. The van der Waals surface area contributed by atoms with E-state index in [9.17, 15) is 9.90 Å². The van der Waals surface area contributed by atoms with Gasteiger partial charge in [-0.1, -0.05) is 50.1 Å². The summed E-state index contributed by atoms with van der Waals surface area (Å²) in [5.74, 6) is 0.520. The molecular weight excluding hydrogens is 300 g/mol. The van der Waals surface area contributed by atoms with Crippen molar-refractivity contribution in [2.45, 2.75) is 57.1 Å². The molecule has 3 atom stereocenters. The van der Waals surface area contributed by atoms with Gasteiger partial charge in [0.05, 0.1) is 6.10 Å². The molecule has 1 aliphatic carbocycles. The van der Waals surface area contributed by atoms with Crippen LogP contribution in [-0.4, -0.2) is 59.1 Å². The van der Waals surface area contributed by atoms with Gasteiger partial charge in [-0.2, -0.15) is 0 Å². The molecular formula is C20H30N2O2. The van der Waals surface area contributed by atoms with E-state index in [0.717, 1.165) is 45.4 Å². The Morgan fingerprint density at radius 2 is 1.79 bits per heavy atom. The number of carbonyl (C=O) groups is 1. The summed E-state index contributed by atoms with van der Waals surface area (Å²) in [5, 5.41) is 10.2. The number of carbonyl (C=O) groups excluding carboxylic acids is 1. The van der Waals surface area contributed by atoms with Crippen LogP contribution >= 0.6 is 0 Å². The molecule has 1 aromatic carbocycles. The van der Waals surface area contributed by atoms with Crippen molar-refractivity contribution in [1.29, 1.82) is 0 Å². The Kier molecular flexibility index (Phi) is 5.90. The number of hydrogen-bond donors (Lipinski definition) is 1. The van der Waals surface area contributed by atoms with Crippen LogP contribution in [0.3, 0.4) is 0 Å². The predicted octanol–water partition coefficient (Wildman–Crippen LogP) is 2.63.